The van der Waals surface area contributed by atoms with E-state index in [-0.39, 0.29) is 0 Å². The van der Waals surface area contributed by atoms with Gasteiger partial charge in [-0.15, -0.1) is 0 Å². The number of rotatable bonds is 7. The van der Waals surface area contributed by atoms with Crippen molar-refractivity contribution in [2.24, 2.45) is 0 Å². The van der Waals surface area contributed by atoms with Gasteiger partial charge >= 0.3 is 0 Å². The van der Waals surface area contributed by atoms with Gasteiger partial charge in [-0.25, -0.2) is 0 Å². The highest BCUT2D eigenvalue weighted by Crippen LogP contribution is 2.47. The highest BCUT2D eigenvalue weighted by molar-refractivity contribution is 6.22. The van der Waals surface area contributed by atoms with Gasteiger partial charge in [0.15, 0.2) is 0 Å². The number of anilines is 3. The van der Waals surface area contributed by atoms with Gasteiger partial charge in [0.25, 0.3) is 0 Å². The Kier molecular flexibility index (Phi) is 8.89. The van der Waals surface area contributed by atoms with Crippen LogP contribution in [0, 0.1) is 0 Å². The molecule has 0 radical (unpaired) electrons. The summed E-state index contributed by atoms with van der Waals surface area (Å²) in [6, 6.07) is 93.4. The van der Waals surface area contributed by atoms with E-state index >= 15 is 0 Å². The van der Waals surface area contributed by atoms with E-state index in [2.05, 4.69) is 264 Å². The Morgan fingerprint density at radius 1 is 0.258 bits per heavy atom. The molecule has 0 bridgehead atoms. The summed E-state index contributed by atoms with van der Waals surface area (Å²) in [6.45, 7) is 0. The maximum Gasteiger partial charge on any atom is 0.0542 e. The Balaban J connectivity index is 1.05. The monoisotopic (exact) mass is 838 g/mol. The largest absolute Gasteiger partial charge is 0.310 e. The normalized spacial score (nSPS) is 11.6. The Labute approximate surface area is 383 Å². The molecule has 13 aromatic rings. The Morgan fingerprint density at radius 3 is 1.58 bits per heavy atom. The van der Waals surface area contributed by atoms with Crippen LogP contribution in [-0.4, -0.2) is 4.57 Å². The second kappa shape index (κ2) is 15.5. The summed E-state index contributed by atoms with van der Waals surface area (Å²) in [4.78, 5) is 2.46. The highest BCUT2D eigenvalue weighted by atomic mass is 15.1. The van der Waals surface area contributed by atoms with Gasteiger partial charge < -0.3 is 9.47 Å². The molecule has 308 valence electrons. The van der Waals surface area contributed by atoms with Crippen LogP contribution in [0.15, 0.2) is 255 Å². The average Bonchev–Trinajstić information content (AvgIpc) is 3.72. The molecule has 0 fully saturated rings. The predicted octanol–water partition coefficient (Wildman–Crippen LogP) is 17.9. The average molecular weight is 839 g/mol. The third kappa shape index (κ3) is 6.11. The van der Waals surface area contributed by atoms with E-state index in [1.54, 1.807) is 0 Å². The van der Waals surface area contributed by atoms with Crippen LogP contribution in [0.4, 0.5) is 17.1 Å². The molecule has 2 heteroatoms. The number of hydrogen-bond donors (Lipinski definition) is 0. The molecule has 0 saturated heterocycles. The standard InChI is InChI=1S/C64H42N2/c1-4-19-44(20-5-1)63-57-30-13-12-28-53(57)54-37-35-47(41-59(54)64(63)45-21-6-2-7-22-45)46-23-16-26-49(40-46)65(60-33-17-31-52-51-27-11-10-18-43(51)34-38-56(52)60)50-36-39-62-58(42-50)55-29-14-15-32-61(55)66(62)48-24-8-3-9-25-48/h1-42H. The molecule has 0 aliphatic carbocycles. The van der Waals surface area contributed by atoms with Crippen LogP contribution in [0.5, 0.6) is 0 Å². The van der Waals surface area contributed by atoms with Crippen molar-refractivity contribution in [2.45, 2.75) is 0 Å². The first-order valence-corrected chi connectivity index (χ1v) is 22.8. The molecule has 1 aromatic heterocycles. The van der Waals surface area contributed by atoms with Crippen LogP contribution in [0.25, 0.3) is 104 Å². The van der Waals surface area contributed by atoms with Crippen molar-refractivity contribution in [3.05, 3.63) is 255 Å². The number of aromatic nitrogens is 1. The van der Waals surface area contributed by atoms with Crippen molar-refractivity contribution in [1.82, 2.24) is 4.57 Å². The van der Waals surface area contributed by atoms with Crippen LogP contribution < -0.4 is 4.90 Å². The Morgan fingerprint density at radius 2 is 0.788 bits per heavy atom. The van der Waals surface area contributed by atoms with Gasteiger partial charge in [-0.2, -0.15) is 0 Å². The third-order valence-corrected chi connectivity index (χ3v) is 13.5. The molecule has 66 heavy (non-hydrogen) atoms. The number of benzene rings is 12. The lowest BCUT2D eigenvalue weighted by Gasteiger charge is -2.28. The quantitative estimate of drug-likeness (QED) is 0.145. The summed E-state index contributed by atoms with van der Waals surface area (Å²) < 4.78 is 2.39. The van der Waals surface area contributed by atoms with Crippen LogP contribution in [-0.2, 0) is 0 Å². The minimum Gasteiger partial charge on any atom is -0.310 e. The molecule has 0 saturated carbocycles. The fourth-order valence-electron chi connectivity index (χ4n) is 10.6. The zero-order valence-corrected chi connectivity index (χ0v) is 36.1. The molecule has 12 aromatic carbocycles. The first kappa shape index (κ1) is 37.8. The van der Waals surface area contributed by atoms with Gasteiger partial charge in [0.1, 0.15) is 0 Å². The van der Waals surface area contributed by atoms with E-state index < -0.39 is 0 Å². The SMILES string of the molecule is c1ccc(-c2c(-c3ccccc3)c3cc(-c4cccc(N(c5ccc6c(c5)c5ccccc5n6-c5ccccc5)c5cccc6c5ccc5ccccc56)c4)ccc3c3ccccc23)cc1. The minimum absolute atomic E-state index is 1.09. The first-order valence-electron chi connectivity index (χ1n) is 22.8. The first-order chi connectivity index (χ1) is 32.8. The summed E-state index contributed by atoms with van der Waals surface area (Å²) in [5, 5.41) is 12.4. The second-order valence-corrected chi connectivity index (χ2v) is 17.2. The minimum atomic E-state index is 1.09. The smallest absolute Gasteiger partial charge is 0.0542 e. The molecule has 0 unspecified atom stereocenters. The molecule has 0 amide bonds. The zero-order chi connectivity index (χ0) is 43.6. The zero-order valence-electron chi connectivity index (χ0n) is 36.1. The fraction of sp³-hybridized carbons (Fsp3) is 0. The molecule has 2 nitrogen and oxygen atoms in total. The van der Waals surface area contributed by atoms with Crippen molar-refractivity contribution < 1.29 is 0 Å². The van der Waals surface area contributed by atoms with Gasteiger partial charge in [-0.05, 0) is 132 Å². The summed E-state index contributed by atoms with van der Waals surface area (Å²) in [5.41, 5.74) is 14.1. The molecule has 0 spiro atoms. The second-order valence-electron chi connectivity index (χ2n) is 17.2. The van der Waals surface area contributed by atoms with Gasteiger partial charge in [-0.1, -0.05) is 194 Å². The molecule has 0 aliphatic heterocycles. The number of fused-ring (bicyclic) bond motifs is 9. The van der Waals surface area contributed by atoms with E-state index in [0.29, 0.717) is 0 Å². The number of hydrogen-bond acceptors (Lipinski definition) is 1. The number of nitrogens with zero attached hydrogens (tertiary/aromatic N) is 2. The molecule has 1 heterocycles. The maximum absolute atomic E-state index is 2.46. The van der Waals surface area contributed by atoms with Gasteiger partial charge in [0.2, 0.25) is 0 Å². The molecular formula is C64H42N2. The van der Waals surface area contributed by atoms with Crippen LogP contribution in [0.3, 0.4) is 0 Å². The lowest BCUT2D eigenvalue weighted by molar-refractivity contribution is 1.18. The predicted molar refractivity (Wildman–Crippen MR) is 282 cm³/mol. The van der Waals surface area contributed by atoms with E-state index in [0.717, 1.165) is 28.3 Å². The van der Waals surface area contributed by atoms with E-state index in [1.807, 2.05) is 0 Å². The molecule has 0 aliphatic rings. The lowest BCUT2D eigenvalue weighted by Crippen LogP contribution is -2.10. The summed E-state index contributed by atoms with van der Waals surface area (Å²) >= 11 is 0. The maximum atomic E-state index is 2.46. The molecule has 0 N–H and O–H groups in total. The van der Waals surface area contributed by atoms with Crippen molar-refractivity contribution in [1.29, 1.82) is 0 Å². The van der Waals surface area contributed by atoms with Crippen LogP contribution in [0.2, 0.25) is 0 Å². The lowest BCUT2D eigenvalue weighted by atomic mass is 9.84. The van der Waals surface area contributed by atoms with Crippen molar-refractivity contribution in [3.63, 3.8) is 0 Å². The van der Waals surface area contributed by atoms with Gasteiger partial charge in [0, 0.05) is 33.2 Å². The van der Waals surface area contributed by atoms with Crippen molar-refractivity contribution in [2.75, 3.05) is 4.90 Å². The van der Waals surface area contributed by atoms with E-state index in [1.165, 1.54) is 92.7 Å². The summed E-state index contributed by atoms with van der Waals surface area (Å²) in [7, 11) is 0. The van der Waals surface area contributed by atoms with Crippen LogP contribution in [0.1, 0.15) is 0 Å². The number of para-hydroxylation sites is 2. The summed E-state index contributed by atoms with van der Waals surface area (Å²) in [5.74, 6) is 0. The molecule has 13 rings (SSSR count). The van der Waals surface area contributed by atoms with E-state index in [4.69, 9.17) is 0 Å². The Hall–Kier alpha value is -8.72. The van der Waals surface area contributed by atoms with Crippen molar-refractivity contribution >= 4 is 82.0 Å². The summed E-state index contributed by atoms with van der Waals surface area (Å²) in [6.07, 6.45) is 0. The topological polar surface area (TPSA) is 8.17 Å². The molecular weight excluding hydrogens is 797 g/mol. The van der Waals surface area contributed by atoms with Crippen molar-refractivity contribution in [3.8, 4) is 39.1 Å². The van der Waals surface area contributed by atoms with Gasteiger partial charge in [0.05, 0.1) is 16.7 Å². The highest BCUT2D eigenvalue weighted by Gasteiger charge is 2.22. The van der Waals surface area contributed by atoms with Crippen LogP contribution >= 0.6 is 0 Å². The Bertz CT molecular complexity index is 3980. The fourth-order valence-corrected chi connectivity index (χ4v) is 10.6. The molecule has 0 atom stereocenters. The van der Waals surface area contributed by atoms with Gasteiger partial charge in [-0.3, -0.25) is 0 Å². The van der Waals surface area contributed by atoms with E-state index in [9.17, 15) is 0 Å². The third-order valence-electron chi connectivity index (χ3n) is 13.5.